The second-order valence-electron chi connectivity index (χ2n) is 3.43. The van der Waals surface area contributed by atoms with E-state index in [9.17, 15) is 9.18 Å². The van der Waals surface area contributed by atoms with E-state index in [0.29, 0.717) is 16.5 Å². The molecule has 0 amide bonds. The van der Waals surface area contributed by atoms with Crippen LogP contribution in [0.25, 0.3) is 11.0 Å². The van der Waals surface area contributed by atoms with E-state index < -0.39 is 11.8 Å². The lowest BCUT2D eigenvalue weighted by molar-refractivity contribution is 0.0663. The van der Waals surface area contributed by atoms with Crippen LogP contribution < -0.4 is 0 Å². The topological polar surface area (TPSA) is 50.4 Å². The van der Waals surface area contributed by atoms with E-state index in [0.717, 1.165) is 0 Å². The molecule has 0 saturated carbocycles. The predicted octanol–water partition coefficient (Wildman–Crippen LogP) is 4.25. The number of aryl methyl sites for hydroxylation is 1. The summed E-state index contributed by atoms with van der Waals surface area (Å²) >= 11 is 8.89. The standard InChI is InChI=1S/C11H7BrClFO3/c1-2-4-7-8(14)6(13)3-5(12)10(7)17-9(4)11(15)16/h3H,2H2,1H3,(H,15,16). The van der Waals surface area contributed by atoms with Crippen LogP contribution in [-0.2, 0) is 6.42 Å². The van der Waals surface area contributed by atoms with Gasteiger partial charge in [-0.15, -0.1) is 0 Å². The zero-order valence-electron chi connectivity index (χ0n) is 8.68. The van der Waals surface area contributed by atoms with Crippen LogP contribution in [0, 0.1) is 5.82 Å². The lowest BCUT2D eigenvalue weighted by Gasteiger charge is -1.99. The first-order valence-electron chi connectivity index (χ1n) is 4.79. The van der Waals surface area contributed by atoms with Crippen molar-refractivity contribution in [1.29, 1.82) is 0 Å². The Balaban J connectivity index is 2.97. The molecular formula is C11H7BrClFO3. The molecule has 0 spiro atoms. The lowest BCUT2D eigenvalue weighted by atomic mass is 10.1. The van der Waals surface area contributed by atoms with Gasteiger partial charge in [-0.1, -0.05) is 18.5 Å². The number of fused-ring (bicyclic) bond motifs is 1. The molecule has 3 nitrogen and oxygen atoms in total. The SMILES string of the molecule is CCc1c(C(=O)O)oc2c(Br)cc(Cl)c(F)c12. The Morgan fingerprint density at radius 1 is 1.65 bits per heavy atom. The van der Waals surface area contributed by atoms with Crippen molar-refractivity contribution < 1.29 is 18.7 Å². The Morgan fingerprint density at radius 3 is 2.82 bits per heavy atom. The molecule has 2 aromatic rings. The van der Waals surface area contributed by atoms with E-state index in [4.69, 9.17) is 21.1 Å². The van der Waals surface area contributed by atoms with Crippen LogP contribution in [0.1, 0.15) is 23.0 Å². The van der Waals surface area contributed by atoms with Crippen molar-refractivity contribution in [2.75, 3.05) is 0 Å². The van der Waals surface area contributed by atoms with Crippen LogP contribution in [0.3, 0.4) is 0 Å². The van der Waals surface area contributed by atoms with Crippen LogP contribution in [0.2, 0.25) is 5.02 Å². The number of hydrogen-bond acceptors (Lipinski definition) is 2. The summed E-state index contributed by atoms with van der Waals surface area (Å²) in [5, 5.41) is 9.04. The quantitative estimate of drug-likeness (QED) is 0.841. The number of benzene rings is 1. The van der Waals surface area contributed by atoms with Crippen LogP contribution in [-0.4, -0.2) is 11.1 Å². The minimum Gasteiger partial charge on any atom is -0.475 e. The van der Waals surface area contributed by atoms with Gasteiger partial charge in [0.15, 0.2) is 11.4 Å². The normalized spacial score (nSPS) is 11.1. The molecule has 0 bridgehead atoms. The molecule has 0 unspecified atom stereocenters. The third kappa shape index (κ3) is 1.83. The molecular weight excluding hydrogens is 314 g/mol. The maximum absolute atomic E-state index is 13.9. The number of carbonyl (C=O) groups is 1. The number of carboxylic acid groups (broad SMARTS) is 1. The van der Waals surface area contributed by atoms with Crippen molar-refractivity contribution in [3.63, 3.8) is 0 Å². The maximum atomic E-state index is 13.9. The first-order chi connectivity index (χ1) is 7.97. The van der Waals surface area contributed by atoms with Crippen molar-refractivity contribution in [3.8, 4) is 0 Å². The predicted molar refractivity (Wildman–Crippen MR) is 65.2 cm³/mol. The van der Waals surface area contributed by atoms with Gasteiger partial charge in [-0.3, -0.25) is 0 Å². The second-order valence-corrected chi connectivity index (χ2v) is 4.69. The van der Waals surface area contributed by atoms with E-state index >= 15 is 0 Å². The Bertz CT molecular complexity index is 621. The fourth-order valence-corrected chi connectivity index (χ4v) is 2.58. The number of halogens is 3. The Labute approximate surface area is 109 Å². The fourth-order valence-electron chi connectivity index (χ4n) is 1.74. The molecule has 0 fully saturated rings. The summed E-state index contributed by atoms with van der Waals surface area (Å²) in [5.74, 6) is -2.12. The summed E-state index contributed by atoms with van der Waals surface area (Å²) in [6.07, 6.45) is 0.346. The molecule has 0 radical (unpaired) electrons. The van der Waals surface area contributed by atoms with Gasteiger partial charge in [0.25, 0.3) is 0 Å². The minimum absolute atomic E-state index is 0.0724. The molecule has 0 atom stereocenters. The summed E-state index contributed by atoms with van der Waals surface area (Å²) < 4.78 is 19.5. The average molecular weight is 322 g/mol. The molecule has 6 heteroatoms. The van der Waals surface area contributed by atoms with E-state index in [1.807, 2.05) is 0 Å². The summed E-state index contributed by atoms with van der Waals surface area (Å²) in [6.45, 7) is 1.73. The van der Waals surface area contributed by atoms with Gasteiger partial charge in [0.2, 0.25) is 5.76 Å². The number of carboxylic acids is 1. The molecule has 0 aliphatic carbocycles. The molecule has 0 saturated heterocycles. The Hall–Kier alpha value is -1.07. The van der Waals surface area contributed by atoms with Crippen molar-refractivity contribution in [1.82, 2.24) is 0 Å². The van der Waals surface area contributed by atoms with Gasteiger partial charge < -0.3 is 9.52 Å². The summed E-state index contributed by atoms with van der Waals surface area (Å²) in [7, 11) is 0. The van der Waals surface area contributed by atoms with Crippen LogP contribution in [0.15, 0.2) is 15.0 Å². The first kappa shape index (κ1) is 12.4. The molecule has 1 aromatic heterocycles. The highest BCUT2D eigenvalue weighted by Gasteiger charge is 2.24. The van der Waals surface area contributed by atoms with Crippen molar-refractivity contribution in [2.24, 2.45) is 0 Å². The number of aromatic carboxylic acids is 1. The highest BCUT2D eigenvalue weighted by atomic mass is 79.9. The molecule has 1 heterocycles. The number of hydrogen-bond donors (Lipinski definition) is 1. The highest BCUT2D eigenvalue weighted by molar-refractivity contribution is 9.10. The smallest absolute Gasteiger partial charge is 0.372 e. The lowest BCUT2D eigenvalue weighted by Crippen LogP contribution is -1.98. The number of rotatable bonds is 2. The average Bonchev–Trinajstić information content (AvgIpc) is 2.65. The van der Waals surface area contributed by atoms with Gasteiger partial charge in [0.05, 0.1) is 14.9 Å². The largest absolute Gasteiger partial charge is 0.475 e. The van der Waals surface area contributed by atoms with E-state index in [2.05, 4.69) is 15.9 Å². The Kier molecular flexibility index (Phi) is 3.14. The van der Waals surface area contributed by atoms with Gasteiger partial charge in [-0.05, 0) is 28.4 Å². The fraction of sp³-hybridized carbons (Fsp3) is 0.182. The number of furan rings is 1. The Morgan fingerprint density at radius 2 is 2.29 bits per heavy atom. The van der Waals surface area contributed by atoms with Crippen LogP contribution >= 0.6 is 27.5 Å². The third-order valence-corrected chi connectivity index (χ3v) is 3.32. The minimum atomic E-state index is -1.22. The molecule has 0 aliphatic heterocycles. The molecule has 2 rings (SSSR count). The van der Waals surface area contributed by atoms with Crippen molar-refractivity contribution >= 4 is 44.5 Å². The summed E-state index contributed by atoms with van der Waals surface area (Å²) in [6, 6.07) is 1.34. The zero-order valence-corrected chi connectivity index (χ0v) is 11.0. The van der Waals surface area contributed by atoms with Crippen LogP contribution in [0.5, 0.6) is 0 Å². The summed E-state index contributed by atoms with van der Waals surface area (Å²) in [4.78, 5) is 11.0. The molecule has 17 heavy (non-hydrogen) atoms. The van der Waals surface area contributed by atoms with Gasteiger partial charge in [0.1, 0.15) is 0 Å². The van der Waals surface area contributed by atoms with Gasteiger partial charge in [0, 0.05) is 5.56 Å². The van der Waals surface area contributed by atoms with Crippen molar-refractivity contribution in [2.45, 2.75) is 13.3 Å². The van der Waals surface area contributed by atoms with Crippen LogP contribution in [0.4, 0.5) is 4.39 Å². The third-order valence-electron chi connectivity index (χ3n) is 2.45. The molecule has 90 valence electrons. The van der Waals surface area contributed by atoms with Gasteiger partial charge in [-0.2, -0.15) is 0 Å². The molecule has 1 N–H and O–H groups in total. The van der Waals surface area contributed by atoms with Gasteiger partial charge >= 0.3 is 5.97 Å². The highest BCUT2D eigenvalue weighted by Crippen LogP contribution is 2.37. The first-order valence-corrected chi connectivity index (χ1v) is 5.96. The van der Waals surface area contributed by atoms with E-state index in [1.54, 1.807) is 6.92 Å². The zero-order chi connectivity index (χ0) is 12.7. The summed E-state index contributed by atoms with van der Waals surface area (Å²) in [5.41, 5.74) is 0.481. The van der Waals surface area contributed by atoms with Crippen molar-refractivity contribution in [3.05, 3.63) is 32.7 Å². The van der Waals surface area contributed by atoms with Gasteiger partial charge in [-0.25, -0.2) is 9.18 Å². The molecule has 1 aromatic carbocycles. The monoisotopic (exact) mass is 320 g/mol. The van der Waals surface area contributed by atoms with E-state index in [1.165, 1.54) is 6.07 Å². The second kappa shape index (κ2) is 4.31. The maximum Gasteiger partial charge on any atom is 0.372 e. The molecule has 0 aliphatic rings. The van der Waals surface area contributed by atoms with E-state index in [-0.39, 0.29) is 21.8 Å².